The number of sulfonamides is 1. The number of fused-ring (bicyclic) bond motifs is 2. The van der Waals surface area contributed by atoms with Crippen LogP contribution in [0.15, 0.2) is 66.1 Å². The second-order valence-electron chi connectivity index (χ2n) is 7.07. The van der Waals surface area contributed by atoms with E-state index in [0.717, 1.165) is 34.8 Å². The quantitative estimate of drug-likeness (QED) is 0.389. The lowest BCUT2D eigenvalue weighted by Crippen LogP contribution is -2.40. The fraction of sp³-hybridized carbons (Fsp3) is 0.238. The van der Waals surface area contributed by atoms with Crippen molar-refractivity contribution in [2.75, 3.05) is 13.1 Å². The molecule has 3 N–H and O–H groups in total. The molecule has 0 amide bonds. The molecule has 0 aliphatic carbocycles. The van der Waals surface area contributed by atoms with Gasteiger partial charge >= 0.3 is 0 Å². The van der Waals surface area contributed by atoms with Crippen molar-refractivity contribution in [2.45, 2.75) is 24.3 Å². The highest BCUT2D eigenvalue weighted by Crippen LogP contribution is 2.18. The zero-order valence-corrected chi connectivity index (χ0v) is 16.9. The summed E-state index contributed by atoms with van der Waals surface area (Å²) >= 11 is 0. The molecule has 7 nitrogen and oxygen atoms in total. The molecule has 0 fully saturated rings. The molecule has 3 heterocycles. The number of hydrogen-bond donors (Lipinski definition) is 3. The lowest BCUT2D eigenvalue weighted by Gasteiger charge is -2.15. The molecular formula is C21H23N5O2S. The standard InChI is InChI=1S/C21H23N5O2S/c1-15(12-22-10-7-18-14-25-21-20(18)3-2-8-24-21)26-29(27,28)19-5-4-17-13-23-9-6-16(17)11-19/h2-6,8-9,11,13-15,22,26H,7,10,12H2,1H3,(H,24,25)/t15-/m1/s1. The molecule has 150 valence electrons. The molecular weight excluding hydrogens is 386 g/mol. The number of aromatic nitrogens is 3. The number of rotatable bonds is 8. The minimum Gasteiger partial charge on any atom is -0.346 e. The minimum atomic E-state index is -3.58. The summed E-state index contributed by atoms with van der Waals surface area (Å²) in [5, 5.41) is 6.20. The highest BCUT2D eigenvalue weighted by Gasteiger charge is 2.17. The normalized spacial score (nSPS) is 13.1. The van der Waals surface area contributed by atoms with E-state index in [9.17, 15) is 8.42 Å². The Balaban J connectivity index is 1.32. The average Bonchev–Trinajstić information content (AvgIpc) is 3.14. The Labute approximate surface area is 169 Å². The van der Waals surface area contributed by atoms with Crippen LogP contribution in [0.5, 0.6) is 0 Å². The van der Waals surface area contributed by atoms with Gasteiger partial charge in [-0.15, -0.1) is 0 Å². The Morgan fingerprint density at radius 3 is 2.93 bits per heavy atom. The van der Waals surface area contributed by atoms with Gasteiger partial charge in [-0.25, -0.2) is 18.1 Å². The molecule has 1 atom stereocenters. The predicted molar refractivity (Wildman–Crippen MR) is 114 cm³/mol. The van der Waals surface area contributed by atoms with Gasteiger partial charge in [0.2, 0.25) is 10.0 Å². The zero-order chi connectivity index (χ0) is 20.3. The number of hydrogen-bond acceptors (Lipinski definition) is 5. The zero-order valence-electron chi connectivity index (χ0n) is 16.1. The Kier molecular flexibility index (Phi) is 5.57. The first-order chi connectivity index (χ1) is 14.0. The van der Waals surface area contributed by atoms with E-state index in [0.29, 0.717) is 6.54 Å². The van der Waals surface area contributed by atoms with E-state index in [1.165, 1.54) is 5.56 Å². The summed E-state index contributed by atoms with van der Waals surface area (Å²) in [6, 6.07) is 10.6. The maximum atomic E-state index is 12.7. The van der Waals surface area contributed by atoms with Crippen molar-refractivity contribution in [3.8, 4) is 0 Å². The summed E-state index contributed by atoms with van der Waals surface area (Å²) in [6.07, 6.45) is 7.95. The fourth-order valence-electron chi connectivity index (χ4n) is 3.36. The van der Waals surface area contributed by atoms with Crippen LogP contribution in [-0.4, -0.2) is 42.5 Å². The van der Waals surface area contributed by atoms with Crippen LogP contribution in [-0.2, 0) is 16.4 Å². The largest absolute Gasteiger partial charge is 0.346 e. The third-order valence-electron chi connectivity index (χ3n) is 4.84. The van der Waals surface area contributed by atoms with Crippen LogP contribution in [0.1, 0.15) is 12.5 Å². The van der Waals surface area contributed by atoms with Crippen molar-refractivity contribution >= 4 is 31.8 Å². The molecule has 1 aromatic carbocycles. The highest BCUT2D eigenvalue weighted by atomic mass is 32.2. The first-order valence-corrected chi connectivity index (χ1v) is 11.0. The molecule has 0 spiro atoms. The summed E-state index contributed by atoms with van der Waals surface area (Å²) < 4.78 is 28.1. The number of nitrogens with zero attached hydrogens (tertiary/aromatic N) is 2. The van der Waals surface area contributed by atoms with Crippen LogP contribution in [0.25, 0.3) is 21.8 Å². The lowest BCUT2D eigenvalue weighted by atomic mass is 10.1. The van der Waals surface area contributed by atoms with Gasteiger partial charge in [0.25, 0.3) is 0 Å². The summed E-state index contributed by atoms with van der Waals surface area (Å²) in [4.78, 5) is 11.8. The van der Waals surface area contributed by atoms with Gasteiger partial charge < -0.3 is 10.3 Å². The van der Waals surface area contributed by atoms with Crippen molar-refractivity contribution < 1.29 is 8.42 Å². The average molecular weight is 410 g/mol. The summed E-state index contributed by atoms with van der Waals surface area (Å²) in [7, 11) is -3.58. The first-order valence-electron chi connectivity index (χ1n) is 9.51. The van der Waals surface area contributed by atoms with Crippen LogP contribution in [0.3, 0.4) is 0 Å². The van der Waals surface area contributed by atoms with Crippen LogP contribution in [0.2, 0.25) is 0 Å². The maximum absolute atomic E-state index is 12.7. The van der Waals surface area contributed by atoms with E-state index in [1.54, 1.807) is 42.9 Å². The Bertz CT molecular complexity index is 1240. The fourth-order valence-corrected chi connectivity index (χ4v) is 4.64. The summed E-state index contributed by atoms with van der Waals surface area (Å²) in [5.41, 5.74) is 2.08. The molecule has 0 saturated heterocycles. The molecule has 0 unspecified atom stereocenters. The van der Waals surface area contributed by atoms with E-state index in [1.807, 2.05) is 25.3 Å². The van der Waals surface area contributed by atoms with E-state index >= 15 is 0 Å². The van der Waals surface area contributed by atoms with Gasteiger partial charge in [-0.3, -0.25) is 4.98 Å². The van der Waals surface area contributed by atoms with Gasteiger partial charge in [0.15, 0.2) is 0 Å². The molecule has 29 heavy (non-hydrogen) atoms. The lowest BCUT2D eigenvalue weighted by molar-refractivity contribution is 0.537. The van der Waals surface area contributed by atoms with Crippen LogP contribution < -0.4 is 10.0 Å². The van der Waals surface area contributed by atoms with Crippen LogP contribution >= 0.6 is 0 Å². The molecule has 8 heteroatoms. The molecule has 0 bridgehead atoms. The van der Waals surface area contributed by atoms with E-state index in [-0.39, 0.29) is 10.9 Å². The molecule has 0 saturated carbocycles. The van der Waals surface area contributed by atoms with Gasteiger partial charge in [0, 0.05) is 48.1 Å². The predicted octanol–water partition coefficient (Wildman–Crippen LogP) is 2.61. The number of nitrogens with one attached hydrogen (secondary N) is 3. The summed E-state index contributed by atoms with van der Waals surface area (Å²) in [5.74, 6) is 0. The summed E-state index contributed by atoms with van der Waals surface area (Å²) in [6.45, 7) is 3.14. The number of H-pyrrole nitrogens is 1. The Morgan fingerprint density at radius 2 is 2.03 bits per heavy atom. The minimum absolute atomic E-state index is 0.238. The molecule has 4 aromatic rings. The molecule has 3 aromatic heterocycles. The van der Waals surface area contributed by atoms with Crippen molar-refractivity contribution in [3.63, 3.8) is 0 Å². The molecule has 0 aliphatic heterocycles. The van der Waals surface area contributed by atoms with Gasteiger partial charge in [-0.05, 0) is 61.2 Å². The number of pyridine rings is 2. The van der Waals surface area contributed by atoms with Crippen molar-refractivity contribution in [2.24, 2.45) is 0 Å². The topological polar surface area (TPSA) is 99.8 Å². The number of aromatic amines is 1. The van der Waals surface area contributed by atoms with Gasteiger partial charge in [-0.1, -0.05) is 6.07 Å². The van der Waals surface area contributed by atoms with Gasteiger partial charge in [0.1, 0.15) is 5.65 Å². The van der Waals surface area contributed by atoms with E-state index in [4.69, 9.17) is 0 Å². The first kappa shape index (κ1) is 19.5. The second kappa shape index (κ2) is 8.28. The highest BCUT2D eigenvalue weighted by molar-refractivity contribution is 7.89. The Hall–Kier alpha value is -2.81. The SMILES string of the molecule is C[C@H](CNCCc1c[nH]c2ncccc12)NS(=O)(=O)c1ccc2cnccc2c1. The molecule has 0 aliphatic rings. The molecule has 4 rings (SSSR count). The maximum Gasteiger partial charge on any atom is 0.240 e. The van der Waals surface area contributed by atoms with Crippen LogP contribution in [0.4, 0.5) is 0 Å². The van der Waals surface area contributed by atoms with E-state index < -0.39 is 10.0 Å². The number of benzene rings is 1. The smallest absolute Gasteiger partial charge is 0.240 e. The molecule has 0 radical (unpaired) electrons. The van der Waals surface area contributed by atoms with Crippen LogP contribution in [0, 0.1) is 0 Å². The van der Waals surface area contributed by atoms with Crippen molar-refractivity contribution in [1.29, 1.82) is 0 Å². The van der Waals surface area contributed by atoms with Crippen molar-refractivity contribution in [1.82, 2.24) is 25.0 Å². The van der Waals surface area contributed by atoms with Crippen molar-refractivity contribution in [3.05, 3.63) is 66.7 Å². The van der Waals surface area contributed by atoms with E-state index in [2.05, 4.69) is 25.0 Å². The van der Waals surface area contributed by atoms with Gasteiger partial charge in [-0.2, -0.15) is 0 Å². The second-order valence-corrected chi connectivity index (χ2v) is 8.79. The van der Waals surface area contributed by atoms with Gasteiger partial charge in [0.05, 0.1) is 4.90 Å². The third-order valence-corrected chi connectivity index (χ3v) is 6.42. The third kappa shape index (κ3) is 4.45. The Morgan fingerprint density at radius 1 is 1.14 bits per heavy atom. The monoisotopic (exact) mass is 409 g/mol.